The molecule has 0 aromatic rings. The number of aliphatic carboxylic acids is 4. The molecule has 0 unspecified atom stereocenters. The van der Waals surface area contributed by atoms with Gasteiger partial charge in [-0.05, 0) is 25.7 Å². The van der Waals surface area contributed by atoms with Crippen LogP contribution in [0.3, 0.4) is 0 Å². The maximum absolute atomic E-state index is 10.9. The summed E-state index contributed by atoms with van der Waals surface area (Å²) in [5, 5.41) is 35.1. The monoisotopic (exact) mass is 761 g/mol. The van der Waals surface area contributed by atoms with Crippen LogP contribution < -0.4 is 29.6 Å². The van der Waals surface area contributed by atoms with Crippen molar-refractivity contribution in [1.82, 2.24) is 0 Å². The molecular weight excluding hydrogens is 679 g/mol. The number of carbonyl (C=O) groups is 4. The van der Waals surface area contributed by atoms with E-state index >= 15 is 0 Å². The van der Waals surface area contributed by atoms with Gasteiger partial charge >= 0.3 is 53.4 Å². The molecule has 0 saturated heterocycles. The topological polar surface area (TPSA) is 149 Å². The average molecular weight is 761 g/mol. The fourth-order valence-electron chi connectivity index (χ4n) is 6.51. The van der Waals surface area contributed by atoms with Crippen molar-refractivity contribution in [2.75, 3.05) is 0 Å². The first-order chi connectivity index (χ1) is 25.1. The van der Waals surface area contributed by atoms with Crippen LogP contribution in [0.5, 0.6) is 0 Å². The van der Waals surface area contributed by atoms with Crippen molar-refractivity contribution in [3.05, 3.63) is 23.3 Å². The van der Waals surface area contributed by atoms with Crippen LogP contribution in [0.4, 0.5) is 0 Å². The first-order valence-corrected chi connectivity index (χ1v) is 21.5. The number of carboxylic acids is 4. The van der Waals surface area contributed by atoms with E-state index in [4.69, 9.17) is 20.4 Å². The van der Waals surface area contributed by atoms with Gasteiger partial charge in [-0.2, -0.15) is 0 Å². The zero-order valence-corrected chi connectivity index (χ0v) is 36.6. The predicted octanol–water partition coefficient (Wildman–Crippen LogP) is 10.6. The fourth-order valence-corrected chi connectivity index (χ4v) is 6.51. The first kappa shape index (κ1) is 55.7. The Kier molecular flexibility index (Phi) is 47.0. The molecule has 306 valence electrons. The van der Waals surface area contributed by atoms with Crippen molar-refractivity contribution in [3.8, 4) is 0 Å². The van der Waals surface area contributed by atoms with Crippen molar-refractivity contribution in [2.24, 2.45) is 0 Å². The van der Waals surface area contributed by atoms with Gasteiger partial charge in [0.2, 0.25) is 0 Å². The molecule has 0 fully saturated rings. The molecule has 0 heterocycles. The van der Waals surface area contributed by atoms with Gasteiger partial charge in [0.25, 0.3) is 0 Å². The minimum Gasteiger partial charge on any atom is -1.00 e. The van der Waals surface area contributed by atoms with Gasteiger partial charge in [0.1, 0.15) is 0 Å². The Hall–Kier alpha value is -1.64. The molecule has 0 rings (SSSR count). The van der Waals surface area contributed by atoms with Crippen LogP contribution in [0.15, 0.2) is 23.3 Å². The molecule has 0 bridgehead atoms. The van der Waals surface area contributed by atoms with E-state index in [9.17, 15) is 19.2 Å². The average Bonchev–Trinajstić information content (AvgIpc) is 3.10. The van der Waals surface area contributed by atoms with Crippen molar-refractivity contribution >= 4 is 23.9 Å². The normalized spacial score (nSPS) is 11.4. The van der Waals surface area contributed by atoms with E-state index in [1.165, 1.54) is 167 Å². The van der Waals surface area contributed by atoms with Crippen molar-refractivity contribution in [2.45, 2.75) is 232 Å². The molecule has 53 heavy (non-hydrogen) atoms. The zero-order chi connectivity index (χ0) is 38.9. The molecule has 0 aliphatic carbocycles. The summed E-state index contributed by atoms with van der Waals surface area (Å²) in [6, 6.07) is 0. The molecule has 0 aliphatic rings. The van der Waals surface area contributed by atoms with E-state index < -0.39 is 23.9 Å². The summed E-state index contributed by atoms with van der Waals surface area (Å²) in [6.07, 6.45) is 43.1. The van der Waals surface area contributed by atoms with Gasteiger partial charge in [-0.25, -0.2) is 19.2 Å². The molecule has 0 atom stereocenters. The Bertz CT molecular complexity index is 864. The van der Waals surface area contributed by atoms with Crippen LogP contribution >= 0.6 is 0 Å². The third-order valence-corrected chi connectivity index (χ3v) is 9.74. The van der Waals surface area contributed by atoms with E-state index in [0.29, 0.717) is 12.8 Å². The quantitative estimate of drug-likeness (QED) is 0.0276. The largest absolute Gasteiger partial charge is 1.00 e. The summed E-state index contributed by atoms with van der Waals surface area (Å²) in [6.45, 7) is 4.52. The van der Waals surface area contributed by atoms with Crippen LogP contribution in [0.25, 0.3) is 0 Å². The van der Waals surface area contributed by atoms with E-state index in [0.717, 1.165) is 50.7 Å². The number of hydrogen-bond donors (Lipinski definition) is 4. The van der Waals surface area contributed by atoms with Gasteiger partial charge in [0, 0.05) is 23.3 Å². The predicted molar refractivity (Wildman–Crippen MR) is 216 cm³/mol. The number of rotatable bonds is 38. The number of unbranched alkanes of at least 4 members (excludes halogenated alkanes) is 30. The smallest absolute Gasteiger partial charge is 1.00 e. The molecule has 0 saturated carbocycles. The second-order valence-electron chi connectivity index (χ2n) is 14.7. The molecular formula is C44H81NaO8. The molecule has 0 radical (unpaired) electrons. The molecule has 8 nitrogen and oxygen atoms in total. The van der Waals surface area contributed by atoms with Gasteiger partial charge in [-0.1, -0.05) is 206 Å². The van der Waals surface area contributed by atoms with E-state index in [1.54, 1.807) is 0 Å². The first-order valence-electron chi connectivity index (χ1n) is 21.5. The van der Waals surface area contributed by atoms with Gasteiger partial charge in [0.15, 0.2) is 0 Å². The van der Waals surface area contributed by atoms with Crippen molar-refractivity contribution in [3.63, 3.8) is 0 Å². The summed E-state index contributed by atoms with van der Waals surface area (Å²) < 4.78 is 0. The van der Waals surface area contributed by atoms with Crippen LogP contribution in [-0.4, -0.2) is 44.3 Å². The summed E-state index contributed by atoms with van der Waals surface area (Å²) in [5.74, 6) is -4.60. The second kappa shape index (κ2) is 44.8. The molecule has 0 aromatic heterocycles. The Morgan fingerprint density at radius 2 is 0.509 bits per heavy atom. The molecule has 0 spiro atoms. The maximum atomic E-state index is 10.9. The molecule has 0 amide bonds. The Balaban J connectivity index is -0.000000446. The fraction of sp³-hybridized carbons (Fsp3) is 0.818. The Morgan fingerprint density at radius 3 is 0.660 bits per heavy atom. The van der Waals surface area contributed by atoms with Gasteiger partial charge in [-0.15, -0.1) is 0 Å². The minimum absolute atomic E-state index is 0. The molecule has 4 N–H and O–H groups in total. The Morgan fingerprint density at radius 1 is 0.340 bits per heavy atom. The summed E-state index contributed by atoms with van der Waals surface area (Å²) in [7, 11) is 0. The third-order valence-electron chi connectivity index (χ3n) is 9.74. The number of carboxylic acid groups (broad SMARTS) is 4. The van der Waals surface area contributed by atoms with E-state index in [1.807, 2.05) is 0 Å². The summed E-state index contributed by atoms with van der Waals surface area (Å²) >= 11 is 0. The van der Waals surface area contributed by atoms with Gasteiger partial charge in [0.05, 0.1) is 0 Å². The molecule has 0 aliphatic heterocycles. The Labute approximate surface area is 348 Å². The maximum Gasteiger partial charge on any atom is 1.00 e. The molecule has 0 aromatic carbocycles. The van der Waals surface area contributed by atoms with E-state index in [-0.39, 0.29) is 42.1 Å². The van der Waals surface area contributed by atoms with Crippen LogP contribution in [0, 0.1) is 0 Å². The summed E-state index contributed by atoms with van der Waals surface area (Å²) in [4.78, 5) is 42.9. The zero-order valence-electron chi connectivity index (χ0n) is 35.6. The van der Waals surface area contributed by atoms with E-state index in [2.05, 4.69) is 13.8 Å². The standard InChI is InChI=1S/2C22H40O4.Na.H/c2*1-2-3-4-5-6-7-8-9-10-11-12-13-14-15-16-17-18-20(22(25)26)19-21(23)24;;/h2*19H,2-18H2,1H3,(H,23,24)(H,25,26);;/q;;+1;-1/b2*20-19+;;. The van der Waals surface area contributed by atoms with Crippen molar-refractivity contribution < 1.29 is 70.6 Å². The SMILES string of the molecule is CCCCCCCCCCCCCCCCCC/C(=C\C(=O)O)C(=O)O.CCCCCCCCCCCCCCCCCC/C(=C\C(=O)O)C(=O)O.[H-].[Na+]. The van der Waals surface area contributed by atoms with Gasteiger partial charge < -0.3 is 21.9 Å². The molecule has 9 heteroatoms. The number of hydrogen-bond acceptors (Lipinski definition) is 4. The minimum atomic E-state index is -1.18. The second-order valence-corrected chi connectivity index (χ2v) is 14.7. The van der Waals surface area contributed by atoms with Crippen LogP contribution in [0.2, 0.25) is 0 Å². The van der Waals surface area contributed by atoms with Gasteiger partial charge in [-0.3, -0.25) is 0 Å². The summed E-state index contributed by atoms with van der Waals surface area (Å²) in [5.41, 5.74) is 0.00530. The van der Waals surface area contributed by atoms with Crippen molar-refractivity contribution in [1.29, 1.82) is 0 Å². The van der Waals surface area contributed by atoms with Crippen LogP contribution in [-0.2, 0) is 19.2 Å². The van der Waals surface area contributed by atoms with Crippen LogP contribution in [0.1, 0.15) is 234 Å². The third kappa shape index (κ3) is 46.4.